The predicted octanol–water partition coefficient (Wildman–Crippen LogP) is 1.84. The number of nitrogens with one attached hydrogen (secondary N) is 1. The van der Waals surface area contributed by atoms with Crippen molar-refractivity contribution in [3.8, 4) is 0 Å². The van der Waals surface area contributed by atoms with Crippen LogP contribution in [0.1, 0.15) is 35.1 Å². The Morgan fingerprint density at radius 2 is 2.05 bits per heavy atom. The van der Waals surface area contributed by atoms with Gasteiger partial charge in [0.15, 0.2) is 0 Å². The van der Waals surface area contributed by atoms with E-state index in [0.717, 1.165) is 16.8 Å². The Labute approximate surface area is 225 Å². The molecule has 1 fully saturated rings. The van der Waals surface area contributed by atoms with Gasteiger partial charge in [-0.05, 0) is 18.6 Å². The number of rotatable bonds is 8. The Hall–Kier alpha value is -3.85. The van der Waals surface area contributed by atoms with Crippen molar-refractivity contribution < 1.29 is 31.9 Å². The number of pyridine rings is 1. The Morgan fingerprint density at radius 1 is 1.25 bits per heavy atom. The van der Waals surface area contributed by atoms with Crippen LogP contribution in [-0.4, -0.2) is 85.8 Å². The summed E-state index contributed by atoms with van der Waals surface area (Å²) in [5.41, 5.74) is 0.464. The minimum atomic E-state index is -4.32. The van der Waals surface area contributed by atoms with Crippen LogP contribution in [0.15, 0.2) is 29.2 Å². The van der Waals surface area contributed by atoms with Crippen LogP contribution in [0.5, 0.6) is 0 Å². The van der Waals surface area contributed by atoms with Gasteiger partial charge in [0.25, 0.3) is 11.5 Å². The van der Waals surface area contributed by atoms with Crippen molar-refractivity contribution in [2.24, 2.45) is 0 Å². The number of aryl methyl sites for hydroxylation is 1. The van der Waals surface area contributed by atoms with Gasteiger partial charge in [-0.25, -0.2) is 9.37 Å². The lowest BCUT2D eigenvalue weighted by Gasteiger charge is -2.37. The number of carbonyl (C=O) groups excluding carboxylic acids is 2. The van der Waals surface area contributed by atoms with E-state index in [-0.39, 0.29) is 68.7 Å². The topological polar surface area (TPSA) is 114 Å². The molecule has 40 heavy (non-hydrogen) atoms. The molecule has 3 aromatic heterocycles. The van der Waals surface area contributed by atoms with Crippen LogP contribution in [0, 0.1) is 5.82 Å². The maximum Gasteiger partial charge on any atom is 0.390 e. The molecule has 0 radical (unpaired) electrons. The lowest BCUT2D eigenvalue weighted by molar-refractivity contribution is -0.143. The van der Waals surface area contributed by atoms with E-state index < -0.39 is 41.8 Å². The zero-order valence-corrected chi connectivity index (χ0v) is 21.6. The first kappa shape index (κ1) is 27.7. The van der Waals surface area contributed by atoms with E-state index in [4.69, 9.17) is 4.74 Å². The standard InChI is InChI=1S/C25H27F4N7O4/c1-2-16-9-21-35(13-20(37)31-19-4-3-15(26)10-30-19)22-18(23(38)36(21)32-16)12-34(24(22)39)11-17-14-40-8-7-33(17)6-5-25(27,28)29/h3-4,9-10,17H,2,5-8,11-14H2,1H3,(H,30,31,37)/t17-/m1/s1. The average molecular weight is 566 g/mol. The van der Waals surface area contributed by atoms with E-state index >= 15 is 0 Å². The SMILES string of the molecule is CCc1cc2n(CC(=O)Nc3ccc(F)cn3)c3c(c(=O)n2n1)CN(C[C@@H]1COCCN1CCC(F)(F)F)C3=O. The van der Waals surface area contributed by atoms with Gasteiger partial charge in [-0.1, -0.05) is 6.92 Å². The summed E-state index contributed by atoms with van der Waals surface area (Å²) in [6.07, 6.45) is -3.85. The second-order valence-corrected chi connectivity index (χ2v) is 9.70. The molecule has 0 saturated carbocycles. The zero-order valence-electron chi connectivity index (χ0n) is 21.6. The van der Waals surface area contributed by atoms with Crippen LogP contribution < -0.4 is 10.9 Å². The smallest absolute Gasteiger partial charge is 0.378 e. The summed E-state index contributed by atoms with van der Waals surface area (Å²) >= 11 is 0. The summed E-state index contributed by atoms with van der Waals surface area (Å²) < 4.78 is 59.9. The Kier molecular flexibility index (Phi) is 7.59. The normalized spacial score (nSPS) is 18.0. The number of amides is 2. The first-order valence-electron chi connectivity index (χ1n) is 12.8. The summed E-state index contributed by atoms with van der Waals surface area (Å²) in [5, 5.41) is 6.88. The molecule has 0 spiro atoms. The molecule has 15 heteroatoms. The van der Waals surface area contributed by atoms with E-state index in [1.54, 1.807) is 11.0 Å². The van der Waals surface area contributed by atoms with Gasteiger partial charge in [0.2, 0.25) is 5.91 Å². The molecule has 2 aliphatic rings. The molecule has 3 aromatic rings. The second-order valence-electron chi connectivity index (χ2n) is 9.70. The zero-order chi connectivity index (χ0) is 28.6. The molecular weight excluding hydrogens is 538 g/mol. The first-order valence-corrected chi connectivity index (χ1v) is 12.8. The molecule has 0 aromatic carbocycles. The van der Waals surface area contributed by atoms with Gasteiger partial charge < -0.3 is 19.5 Å². The van der Waals surface area contributed by atoms with Crippen LogP contribution in [0.4, 0.5) is 23.4 Å². The van der Waals surface area contributed by atoms with Gasteiger partial charge >= 0.3 is 6.18 Å². The number of hydrogen-bond donors (Lipinski definition) is 1. The van der Waals surface area contributed by atoms with Crippen molar-refractivity contribution in [3.05, 3.63) is 57.5 Å². The van der Waals surface area contributed by atoms with Crippen LogP contribution in [-0.2, 0) is 29.0 Å². The highest BCUT2D eigenvalue weighted by Gasteiger charge is 2.38. The number of fused-ring (bicyclic) bond motifs is 2. The van der Waals surface area contributed by atoms with E-state index in [1.165, 1.54) is 15.5 Å². The van der Waals surface area contributed by atoms with Crippen LogP contribution in [0.3, 0.4) is 0 Å². The quantitative estimate of drug-likeness (QED) is 0.415. The minimum absolute atomic E-state index is 0.0147. The molecular formula is C25H27F4N7O4. The fraction of sp³-hybridized carbons (Fsp3) is 0.480. The lowest BCUT2D eigenvalue weighted by Crippen LogP contribution is -2.52. The number of anilines is 1. The average Bonchev–Trinajstić information content (AvgIpc) is 3.49. The Bertz CT molecular complexity index is 1490. The predicted molar refractivity (Wildman–Crippen MR) is 133 cm³/mol. The molecule has 1 atom stereocenters. The molecule has 1 saturated heterocycles. The molecule has 214 valence electrons. The highest BCUT2D eigenvalue weighted by Crippen LogP contribution is 2.26. The molecule has 2 aliphatic heterocycles. The van der Waals surface area contributed by atoms with Crippen molar-refractivity contribution in [2.45, 2.75) is 45.1 Å². The molecule has 5 rings (SSSR count). The molecule has 0 aliphatic carbocycles. The lowest BCUT2D eigenvalue weighted by atomic mass is 10.2. The largest absolute Gasteiger partial charge is 0.390 e. The molecule has 2 amide bonds. The van der Waals surface area contributed by atoms with Gasteiger partial charge in [0, 0.05) is 25.7 Å². The molecule has 0 unspecified atom stereocenters. The number of aromatic nitrogens is 4. The highest BCUT2D eigenvalue weighted by atomic mass is 19.4. The number of carbonyl (C=O) groups is 2. The summed E-state index contributed by atoms with van der Waals surface area (Å²) in [6, 6.07) is 3.55. The third-order valence-corrected chi connectivity index (χ3v) is 6.98. The van der Waals surface area contributed by atoms with E-state index in [0.29, 0.717) is 12.1 Å². The van der Waals surface area contributed by atoms with Gasteiger partial charge in [-0.2, -0.15) is 22.8 Å². The summed E-state index contributed by atoms with van der Waals surface area (Å²) in [7, 11) is 0. The van der Waals surface area contributed by atoms with Gasteiger partial charge in [-0.3, -0.25) is 19.3 Å². The van der Waals surface area contributed by atoms with E-state index in [2.05, 4.69) is 15.4 Å². The van der Waals surface area contributed by atoms with Gasteiger partial charge in [0.1, 0.15) is 29.5 Å². The molecule has 1 N–H and O–H groups in total. The number of alkyl halides is 3. The minimum Gasteiger partial charge on any atom is -0.378 e. The van der Waals surface area contributed by atoms with Gasteiger partial charge in [-0.15, -0.1) is 0 Å². The third-order valence-electron chi connectivity index (χ3n) is 6.98. The van der Waals surface area contributed by atoms with Crippen LogP contribution in [0.25, 0.3) is 5.65 Å². The number of morpholine rings is 1. The van der Waals surface area contributed by atoms with Crippen molar-refractivity contribution in [2.75, 3.05) is 38.2 Å². The van der Waals surface area contributed by atoms with Crippen LogP contribution >= 0.6 is 0 Å². The summed E-state index contributed by atoms with van der Waals surface area (Å²) in [4.78, 5) is 46.9. The molecule has 0 bridgehead atoms. The van der Waals surface area contributed by atoms with Crippen molar-refractivity contribution >= 4 is 23.3 Å². The molecule has 5 heterocycles. The maximum atomic E-state index is 13.7. The Morgan fingerprint density at radius 3 is 2.75 bits per heavy atom. The van der Waals surface area contributed by atoms with Gasteiger partial charge in [0.05, 0.1) is 49.7 Å². The van der Waals surface area contributed by atoms with Crippen LogP contribution in [0.2, 0.25) is 0 Å². The number of nitrogens with zero attached hydrogens (tertiary/aromatic N) is 6. The highest BCUT2D eigenvalue weighted by molar-refractivity contribution is 5.98. The van der Waals surface area contributed by atoms with Crippen molar-refractivity contribution in [3.63, 3.8) is 0 Å². The summed E-state index contributed by atoms with van der Waals surface area (Å²) in [6.45, 7) is 1.90. The monoisotopic (exact) mass is 565 g/mol. The second kappa shape index (κ2) is 11.0. The number of halogens is 4. The number of ether oxygens (including phenoxy) is 1. The van der Waals surface area contributed by atoms with E-state index in [1.807, 2.05) is 6.92 Å². The van der Waals surface area contributed by atoms with Crippen molar-refractivity contribution in [1.82, 2.24) is 29.0 Å². The van der Waals surface area contributed by atoms with E-state index in [9.17, 15) is 31.9 Å². The maximum absolute atomic E-state index is 13.7. The number of hydrogen-bond acceptors (Lipinski definition) is 7. The Balaban J connectivity index is 1.44. The van der Waals surface area contributed by atoms with Crippen molar-refractivity contribution in [1.29, 1.82) is 0 Å². The summed E-state index contributed by atoms with van der Waals surface area (Å²) in [5.74, 6) is -1.57. The fourth-order valence-corrected chi connectivity index (χ4v) is 5.00. The first-order chi connectivity index (χ1) is 19.0. The third kappa shape index (κ3) is 5.70. The molecule has 11 nitrogen and oxygen atoms in total. The fourth-order valence-electron chi connectivity index (χ4n) is 5.00.